The molecule has 234 valence electrons. The number of allylic oxidation sites excluding steroid dienone is 1. The fraction of sp³-hybridized carbons (Fsp3) is 0.472. The molecule has 0 aliphatic carbocycles. The number of aryl methyl sites for hydroxylation is 3. The van der Waals surface area contributed by atoms with Gasteiger partial charge in [0.1, 0.15) is 0 Å². The van der Waals surface area contributed by atoms with Gasteiger partial charge in [-0.25, -0.2) is 4.98 Å². The molecule has 2 N–H and O–H groups in total. The number of esters is 1. The third-order valence-electron chi connectivity index (χ3n) is 9.41. The highest BCUT2D eigenvalue weighted by Gasteiger charge is 2.31. The number of aromatic amines is 2. The number of methoxy groups -OCH3 is 1. The Morgan fingerprint density at radius 2 is 1.73 bits per heavy atom. The predicted octanol–water partition coefficient (Wildman–Crippen LogP) is 9.07. The van der Waals surface area contributed by atoms with E-state index in [-0.39, 0.29) is 23.9 Å². The molecule has 5 heterocycles. The number of rotatable bonds is 9. The molecule has 3 aromatic heterocycles. The topological polar surface area (TPSA) is 92.9 Å². The number of aromatic nitrogens is 4. The van der Waals surface area contributed by atoms with Gasteiger partial charge in [-0.2, -0.15) is 0 Å². The van der Waals surface area contributed by atoms with Crippen LogP contribution in [0.15, 0.2) is 18.2 Å². The zero-order valence-corrected chi connectivity index (χ0v) is 28.9. The molecule has 5 rings (SSSR count). The highest BCUT2D eigenvalue weighted by molar-refractivity contribution is 9.09. The summed E-state index contributed by atoms with van der Waals surface area (Å²) in [5, 5.41) is 0.911. The summed E-state index contributed by atoms with van der Waals surface area (Å²) in [5.41, 5.74) is 15.1. The van der Waals surface area contributed by atoms with Crippen molar-refractivity contribution in [1.29, 1.82) is 0 Å². The molecule has 2 unspecified atom stereocenters. The van der Waals surface area contributed by atoms with Gasteiger partial charge < -0.3 is 19.4 Å². The number of ether oxygens (including phenoxy) is 2. The highest BCUT2D eigenvalue weighted by atomic mass is 79.9. The van der Waals surface area contributed by atoms with E-state index in [1.807, 2.05) is 0 Å². The fourth-order valence-electron chi connectivity index (χ4n) is 6.72. The Morgan fingerprint density at radius 3 is 2.43 bits per heavy atom. The molecule has 0 radical (unpaired) electrons. The van der Waals surface area contributed by atoms with E-state index in [2.05, 4.69) is 98.6 Å². The largest absolute Gasteiger partial charge is 0.469 e. The molecule has 3 atom stereocenters. The smallest absolute Gasteiger partial charge is 0.305 e. The minimum atomic E-state index is -0.199. The Balaban J connectivity index is 1.85. The predicted molar refractivity (Wildman–Crippen MR) is 183 cm³/mol. The molecular formula is C36H45BrN4O3. The maximum absolute atomic E-state index is 12.2. The number of H-pyrrole nitrogens is 2. The zero-order valence-electron chi connectivity index (χ0n) is 27.3. The van der Waals surface area contributed by atoms with E-state index >= 15 is 0 Å². The summed E-state index contributed by atoms with van der Waals surface area (Å²) in [6.07, 6.45) is 4.94. The van der Waals surface area contributed by atoms with Crippen LogP contribution >= 0.6 is 15.9 Å². The number of halogens is 1. The second-order valence-corrected chi connectivity index (χ2v) is 12.9. The van der Waals surface area contributed by atoms with E-state index in [0.717, 1.165) is 85.3 Å². The van der Waals surface area contributed by atoms with Crippen molar-refractivity contribution >= 4 is 55.6 Å². The quantitative estimate of drug-likeness (QED) is 0.136. The molecule has 8 heteroatoms. The average Bonchev–Trinajstić information content (AvgIpc) is 3.70. The summed E-state index contributed by atoms with van der Waals surface area (Å²) in [4.78, 5) is 30.0. The van der Waals surface area contributed by atoms with Gasteiger partial charge >= 0.3 is 5.97 Å². The van der Waals surface area contributed by atoms with Crippen LogP contribution in [-0.2, 0) is 20.7 Å². The monoisotopic (exact) mass is 660 g/mol. The van der Waals surface area contributed by atoms with E-state index in [9.17, 15) is 4.79 Å². The first-order valence-corrected chi connectivity index (χ1v) is 16.9. The van der Waals surface area contributed by atoms with Gasteiger partial charge in [-0.15, -0.1) is 0 Å². The van der Waals surface area contributed by atoms with Crippen molar-refractivity contribution in [3.63, 3.8) is 0 Å². The van der Waals surface area contributed by atoms with Gasteiger partial charge in [-0.05, 0) is 106 Å². The summed E-state index contributed by atoms with van der Waals surface area (Å²) < 4.78 is 11.3. The molecule has 0 saturated heterocycles. The molecular weight excluding hydrogens is 616 g/mol. The van der Waals surface area contributed by atoms with E-state index in [1.54, 1.807) is 0 Å². The van der Waals surface area contributed by atoms with Crippen LogP contribution in [0.25, 0.3) is 33.7 Å². The first-order chi connectivity index (χ1) is 21.1. The van der Waals surface area contributed by atoms with Crippen molar-refractivity contribution in [2.75, 3.05) is 19.0 Å². The maximum atomic E-state index is 12.2. The van der Waals surface area contributed by atoms with Gasteiger partial charge in [0, 0.05) is 69.2 Å². The molecule has 0 aromatic carbocycles. The van der Waals surface area contributed by atoms with Crippen molar-refractivity contribution in [3.8, 4) is 0 Å². The van der Waals surface area contributed by atoms with Crippen LogP contribution in [0.1, 0.15) is 115 Å². The van der Waals surface area contributed by atoms with Crippen molar-refractivity contribution in [1.82, 2.24) is 19.9 Å². The van der Waals surface area contributed by atoms with Crippen molar-refractivity contribution in [2.24, 2.45) is 0 Å². The SMILES string of the molecule is CCc1c(C)c2cc3[nH]c(cc4nc(c(C)c5nc(cc1[nH]2)C(C)=C5)[C@@H](CCC(=O)OC)C4C)c(C)c3C(C)OCCCBr. The van der Waals surface area contributed by atoms with Crippen molar-refractivity contribution in [3.05, 3.63) is 68.8 Å². The highest BCUT2D eigenvalue weighted by Crippen LogP contribution is 2.42. The van der Waals surface area contributed by atoms with E-state index in [0.29, 0.717) is 19.4 Å². The third-order valence-corrected chi connectivity index (χ3v) is 9.97. The molecule has 0 fully saturated rings. The van der Waals surface area contributed by atoms with Gasteiger partial charge in [-0.3, -0.25) is 9.78 Å². The molecule has 8 bridgehead atoms. The van der Waals surface area contributed by atoms with Crippen LogP contribution in [-0.4, -0.2) is 45.0 Å². The minimum Gasteiger partial charge on any atom is -0.469 e. The summed E-state index contributed by atoms with van der Waals surface area (Å²) in [7, 11) is 1.45. The number of hydrogen-bond donors (Lipinski definition) is 2. The molecule has 0 spiro atoms. The zero-order chi connectivity index (χ0) is 31.7. The average molecular weight is 662 g/mol. The summed E-state index contributed by atoms with van der Waals surface area (Å²) >= 11 is 3.53. The fourth-order valence-corrected chi connectivity index (χ4v) is 6.95. The number of hydrogen-bond acceptors (Lipinski definition) is 5. The van der Waals surface area contributed by atoms with Crippen LogP contribution in [0.5, 0.6) is 0 Å². The number of nitrogens with zero attached hydrogens (tertiary/aromatic N) is 2. The van der Waals surface area contributed by atoms with Crippen molar-refractivity contribution < 1.29 is 14.3 Å². The number of fused-ring (bicyclic) bond motifs is 8. The van der Waals surface area contributed by atoms with Crippen LogP contribution in [0, 0.1) is 20.8 Å². The van der Waals surface area contributed by atoms with Crippen LogP contribution < -0.4 is 0 Å². The molecule has 0 saturated carbocycles. The molecule has 3 aromatic rings. The van der Waals surface area contributed by atoms with E-state index in [4.69, 9.17) is 19.4 Å². The van der Waals surface area contributed by atoms with Gasteiger partial charge in [-0.1, -0.05) is 29.8 Å². The van der Waals surface area contributed by atoms with Gasteiger partial charge in [0.05, 0.1) is 24.6 Å². The van der Waals surface area contributed by atoms with Crippen LogP contribution in [0.2, 0.25) is 0 Å². The second kappa shape index (κ2) is 13.4. The lowest BCUT2D eigenvalue weighted by Gasteiger charge is -2.16. The first kappa shape index (κ1) is 32.2. The Bertz CT molecular complexity index is 1770. The summed E-state index contributed by atoms with van der Waals surface area (Å²) in [5.74, 6) is -0.00336. The number of nitrogens with one attached hydrogen (secondary N) is 2. The van der Waals surface area contributed by atoms with Gasteiger partial charge in [0.15, 0.2) is 0 Å². The third kappa shape index (κ3) is 6.16. The second-order valence-electron chi connectivity index (χ2n) is 12.2. The number of carbonyl (C=O) groups is 1. The number of alkyl halides is 1. The molecule has 7 nitrogen and oxygen atoms in total. The first-order valence-electron chi connectivity index (χ1n) is 15.7. The normalized spacial score (nSPS) is 17.1. The lowest BCUT2D eigenvalue weighted by Crippen LogP contribution is -2.08. The Hall–Kier alpha value is -3.23. The number of carbonyl (C=O) groups excluding carboxylic acids is 1. The lowest BCUT2D eigenvalue weighted by atomic mass is 9.86. The minimum absolute atomic E-state index is 0.0765. The summed E-state index contributed by atoms with van der Waals surface area (Å²) in [6, 6.07) is 6.60. The maximum Gasteiger partial charge on any atom is 0.305 e. The lowest BCUT2D eigenvalue weighted by molar-refractivity contribution is -0.140. The van der Waals surface area contributed by atoms with Crippen molar-refractivity contribution in [2.45, 2.75) is 92.1 Å². The van der Waals surface area contributed by atoms with Gasteiger partial charge in [0.2, 0.25) is 0 Å². The standard InChI is InChI=1S/C36H45BrN4O3/c1-9-25-20(3)29-18-33-35(24(7)44-14-10-13-37)22(5)31(40-33)17-30-21(4)26(11-12-34(42)43-8)36(41-30)23(6)28-15-19(2)27(38-28)16-32(25)39-29/h15-18,21,24,26,39-40H,9-14H2,1-8H3/t21?,24?,26-/m0/s1. The Labute approximate surface area is 269 Å². The van der Waals surface area contributed by atoms with Crippen LogP contribution in [0.4, 0.5) is 0 Å². The Kier molecular flexibility index (Phi) is 9.80. The van der Waals surface area contributed by atoms with Gasteiger partial charge in [0.25, 0.3) is 0 Å². The summed E-state index contributed by atoms with van der Waals surface area (Å²) in [6.45, 7) is 15.8. The molecule has 2 aliphatic heterocycles. The molecule has 44 heavy (non-hydrogen) atoms. The van der Waals surface area contributed by atoms with Crippen LogP contribution in [0.3, 0.4) is 0 Å². The molecule has 0 amide bonds. The molecule has 2 aliphatic rings. The van der Waals surface area contributed by atoms with E-state index < -0.39 is 0 Å². The Morgan fingerprint density at radius 1 is 1.00 bits per heavy atom. The van der Waals surface area contributed by atoms with E-state index in [1.165, 1.54) is 18.2 Å².